The molecule has 1 nitrogen and oxygen atoms in total. The van der Waals surface area contributed by atoms with Crippen molar-refractivity contribution in [2.24, 2.45) is 0 Å². The fourth-order valence-electron chi connectivity index (χ4n) is 0.772. The molecule has 0 radical (unpaired) electrons. The Morgan fingerprint density at radius 2 is 2.00 bits per heavy atom. The summed E-state index contributed by atoms with van der Waals surface area (Å²) in [5.41, 5.74) is 1.03. The zero-order chi connectivity index (χ0) is 8.97. The van der Waals surface area contributed by atoms with E-state index in [9.17, 15) is 0 Å². The van der Waals surface area contributed by atoms with Gasteiger partial charge < -0.3 is 4.74 Å². The van der Waals surface area contributed by atoms with Crippen LogP contribution in [-0.2, 0) is 0 Å². The van der Waals surface area contributed by atoms with E-state index in [1.54, 1.807) is 7.11 Å². The third-order valence-electron chi connectivity index (χ3n) is 1.40. The van der Waals surface area contributed by atoms with Crippen molar-refractivity contribution in [3.8, 4) is 5.75 Å². The second kappa shape index (κ2) is 4.84. The van der Waals surface area contributed by atoms with E-state index in [1.807, 2.05) is 24.3 Å². The van der Waals surface area contributed by atoms with Crippen LogP contribution in [-0.4, -0.2) is 11.3 Å². The van der Waals surface area contributed by atoms with Gasteiger partial charge in [0.25, 0.3) is 0 Å². The highest BCUT2D eigenvalue weighted by Crippen LogP contribution is 2.21. The van der Waals surface area contributed by atoms with Crippen LogP contribution in [0.2, 0.25) is 0 Å². The van der Waals surface area contributed by atoms with Gasteiger partial charge in [0.15, 0.2) is 0 Å². The number of halogens is 1. The number of ether oxygens (including phenoxy) is 1. The monoisotopic (exact) mass is 262 g/mol. The average Bonchev–Trinajstić information content (AvgIpc) is 2.17. The minimum Gasteiger partial charge on any atom is -0.497 e. The molecule has 0 fully saturated rings. The Morgan fingerprint density at radius 1 is 1.42 bits per heavy atom. The van der Waals surface area contributed by atoms with Crippen LogP contribution in [0.25, 0.3) is 0 Å². The van der Waals surface area contributed by atoms with E-state index in [0.29, 0.717) is 0 Å². The van der Waals surface area contributed by atoms with Crippen molar-refractivity contribution in [1.82, 2.24) is 0 Å². The Kier molecular flexibility index (Phi) is 4.05. The Balaban J connectivity index is 2.84. The van der Waals surface area contributed by atoms with E-state index in [-0.39, 0.29) is 0 Å². The van der Waals surface area contributed by atoms with Crippen LogP contribution >= 0.6 is 37.2 Å². The van der Waals surface area contributed by atoms with Gasteiger partial charge in [0.2, 0.25) is 0 Å². The number of thiocarbonyl (C=S) groups is 1. The first-order valence-electron chi connectivity index (χ1n) is 3.25. The van der Waals surface area contributed by atoms with Crippen LogP contribution in [0.3, 0.4) is 0 Å². The minimum atomic E-state index is 0.831. The lowest BCUT2D eigenvalue weighted by Crippen LogP contribution is -1.88. The molecular weight excluding hydrogens is 256 g/mol. The van der Waals surface area contributed by atoms with E-state index in [2.05, 4.69) is 14.8 Å². The summed E-state index contributed by atoms with van der Waals surface area (Å²) in [6.07, 6.45) is 0. The van der Waals surface area contributed by atoms with Gasteiger partial charge in [-0.3, -0.25) is 0 Å². The van der Waals surface area contributed by atoms with Crippen molar-refractivity contribution in [3.63, 3.8) is 0 Å². The predicted octanol–water partition coefficient (Wildman–Crippen LogP) is 3.41. The molecule has 0 aliphatic rings. The first-order chi connectivity index (χ1) is 5.77. The molecule has 0 bridgehead atoms. The number of rotatable bonds is 2. The summed E-state index contributed by atoms with van der Waals surface area (Å²) in [7, 11) is 3.04. The van der Waals surface area contributed by atoms with Gasteiger partial charge in [0.1, 0.15) is 5.75 Å². The van der Waals surface area contributed by atoms with Gasteiger partial charge in [-0.15, -0.1) is 0 Å². The summed E-state index contributed by atoms with van der Waals surface area (Å²) in [6, 6.07) is 7.67. The zero-order valence-electron chi connectivity index (χ0n) is 6.41. The van der Waals surface area contributed by atoms with Gasteiger partial charge in [-0.05, 0) is 49.3 Å². The molecule has 0 aliphatic heterocycles. The topological polar surface area (TPSA) is 9.23 Å². The second-order valence-corrected chi connectivity index (χ2v) is 4.29. The molecule has 0 saturated carbocycles. The first kappa shape index (κ1) is 10.0. The molecule has 0 heterocycles. The number of benzene rings is 1. The highest BCUT2D eigenvalue weighted by atomic mass is 79.9. The third-order valence-corrected chi connectivity index (χ3v) is 3.87. The maximum atomic E-state index is 5.08. The molecule has 64 valence electrons. The Hall–Kier alpha value is -0.0600. The summed E-state index contributed by atoms with van der Waals surface area (Å²) in [5.74, 6) is 0.848. The molecule has 0 aliphatic carbocycles. The van der Waals surface area contributed by atoms with Crippen molar-refractivity contribution in [3.05, 3.63) is 29.8 Å². The van der Waals surface area contributed by atoms with Crippen molar-refractivity contribution in [2.45, 2.75) is 0 Å². The first-order valence-corrected chi connectivity index (χ1v) is 6.31. The fourth-order valence-corrected chi connectivity index (χ4v) is 1.69. The van der Waals surface area contributed by atoms with E-state index in [4.69, 9.17) is 17.0 Å². The lowest BCUT2D eigenvalue weighted by atomic mass is 10.2. The van der Waals surface area contributed by atoms with Gasteiger partial charge in [-0.25, -0.2) is 0 Å². The normalized spacial score (nSPS) is 9.50. The van der Waals surface area contributed by atoms with Gasteiger partial charge >= 0.3 is 0 Å². The maximum Gasteiger partial charge on any atom is 0.118 e. The summed E-state index contributed by atoms with van der Waals surface area (Å²) in [6.45, 7) is 0. The van der Waals surface area contributed by atoms with Gasteiger partial charge in [0, 0.05) is 5.56 Å². The van der Waals surface area contributed by atoms with Crippen LogP contribution in [0.1, 0.15) is 5.56 Å². The van der Waals surface area contributed by atoms with E-state index < -0.39 is 0 Å². The van der Waals surface area contributed by atoms with Crippen molar-refractivity contribution in [1.29, 1.82) is 0 Å². The van der Waals surface area contributed by atoms with Gasteiger partial charge in [-0.2, -0.15) is 0 Å². The van der Waals surface area contributed by atoms with Crippen molar-refractivity contribution >= 4 is 41.4 Å². The Morgan fingerprint density at radius 3 is 2.42 bits per heavy atom. The van der Waals surface area contributed by atoms with Gasteiger partial charge in [0.05, 0.1) is 11.3 Å². The summed E-state index contributed by atoms with van der Waals surface area (Å²) in [4.78, 5) is 0. The lowest BCUT2D eigenvalue weighted by molar-refractivity contribution is 0.415. The highest BCUT2D eigenvalue weighted by Gasteiger charge is 1.99. The summed E-state index contributed by atoms with van der Waals surface area (Å²) < 4.78 is 5.85. The molecule has 1 rings (SSSR count). The molecule has 0 amide bonds. The average molecular weight is 263 g/mol. The number of hydrogen-bond acceptors (Lipinski definition) is 3. The van der Waals surface area contributed by atoms with E-state index >= 15 is 0 Å². The van der Waals surface area contributed by atoms with E-state index in [0.717, 1.165) is 15.5 Å². The van der Waals surface area contributed by atoms with Crippen LogP contribution in [0.4, 0.5) is 0 Å². The van der Waals surface area contributed by atoms with Crippen molar-refractivity contribution in [2.75, 3.05) is 7.11 Å². The van der Waals surface area contributed by atoms with Crippen LogP contribution in [0.5, 0.6) is 5.75 Å². The van der Waals surface area contributed by atoms with E-state index in [1.165, 1.54) is 10.2 Å². The second-order valence-electron chi connectivity index (χ2n) is 2.09. The third kappa shape index (κ3) is 2.47. The standard InChI is InChI=1S/C8H7BrOS2/c1-10-7-4-2-6(3-5-7)8(11)12-9/h2-5H,1H3. The molecule has 0 aromatic heterocycles. The smallest absolute Gasteiger partial charge is 0.118 e. The quantitative estimate of drug-likeness (QED) is 0.757. The maximum absolute atomic E-state index is 5.08. The zero-order valence-corrected chi connectivity index (χ0v) is 9.63. The SMILES string of the molecule is COc1ccc(C(=S)SBr)cc1. The van der Waals surface area contributed by atoms with Gasteiger partial charge in [-0.1, -0.05) is 12.2 Å². The van der Waals surface area contributed by atoms with Crippen LogP contribution in [0, 0.1) is 0 Å². The molecule has 4 heteroatoms. The molecule has 0 atom stereocenters. The lowest BCUT2D eigenvalue weighted by Gasteiger charge is -2.01. The molecule has 1 aromatic carbocycles. The fraction of sp³-hybridized carbons (Fsp3) is 0.125. The Labute approximate surface area is 88.7 Å². The molecule has 1 aromatic rings. The predicted molar refractivity (Wildman–Crippen MR) is 61.2 cm³/mol. The largest absolute Gasteiger partial charge is 0.497 e. The minimum absolute atomic E-state index is 0.831. The summed E-state index contributed by atoms with van der Waals surface area (Å²) >= 11 is 8.31. The molecular formula is C8H7BrOS2. The molecule has 12 heavy (non-hydrogen) atoms. The van der Waals surface area contributed by atoms with Crippen LogP contribution in [0.15, 0.2) is 24.3 Å². The summed E-state index contributed by atoms with van der Waals surface area (Å²) in [5, 5.41) is 0. The Bertz CT molecular complexity index is 271. The molecule has 0 spiro atoms. The highest BCUT2D eigenvalue weighted by molar-refractivity contribution is 9.52. The molecule has 0 N–H and O–H groups in total. The van der Waals surface area contributed by atoms with Crippen molar-refractivity contribution < 1.29 is 4.74 Å². The molecule has 0 unspecified atom stereocenters. The number of methoxy groups -OCH3 is 1. The number of hydrogen-bond donors (Lipinski definition) is 0. The van der Waals surface area contributed by atoms with Crippen LogP contribution < -0.4 is 4.74 Å². The molecule has 0 saturated heterocycles.